The van der Waals surface area contributed by atoms with Crippen molar-refractivity contribution >= 4 is 9.84 Å². The highest BCUT2D eigenvalue weighted by molar-refractivity contribution is 7.90. The molecule has 1 heterocycles. The largest absolute Gasteiger partial charge is 0.306 e. The number of aromatic nitrogens is 2. The Bertz CT molecular complexity index is 672. The van der Waals surface area contributed by atoms with E-state index in [0.29, 0.717) is 4.90 Å². The third kappa shape index (κ3) is 3.40. The molecule has 1 N–H and O–H groups in total. The molecule has 0 aliphatic rings. The topological polar surface area (TPSA) is 72.0 Å². The summed E-state index contributed by atoms with van der Waals surface area (Å²) in [5, 5.41) is 3.32. The lowest BCUT2D eigenvalue weighted by Gasteiger charge is -2.18. The number of nitrogens with zero attached hydrogens (tertiary/aromatic N) is 2. The standard InChI is InChI=1S/C14H17N3O2S/c1-3-17-14(12-8-15-10-16-9-12)11-5-4-6-13(7-11)20(2,18)19/h4-10,14,17H,3H2,1-2H3. The minimum absolute atomic E-state index is 0.122. The number of hydrogen-bond donors (Lipinski definition) is 1. The minimum atomic E-state index is -3.22. The van der Waals surface area contributed by atoms with E-state index in [9.17, 15) is 8.42 Å². The first kappa shape index (κ1) is 14.6. The zero-order valence-corrected chi connectivity index (χ0v) is 12.3. The molecule has 0 aliphatic heterocycles. The van der Waals surface area contributed by atoms with E-state index in [0.717, 1.165) is 17.7 Å². The number of benzene rings is 1. The second kappa shape index (κ2) is 6.11. The number of nitrogens with one attached hydrogen (secondary N) is 1. The number of hydrogen-bond acceptors (Lipinski definition) is 5. The fourth-order valence-electron chi connectivity index (χ4n) is 2.02. The van der Waals surface area contributed by atoms with Crippen molar-refractivity contribution in [2.75, 3.05) is 12.8 Å². The highest BCUT2D eigenvalue weighted by Gasteiger charge is 2.16. The summed E-state index contributed by atoms with van der Waals surface area (Å²) in [6, 6.07) is 6.82. The normalized spacial score (nSPS) is 13.1. The van der Waals surface area contributed by atoms with Crippen molar-refractivity contribution in [1.82, 2.24) is 15.3 Å². The van der Waals surface area contributed by atoms with E-state index >= 15 is 0 Å². The van der Waals surface area contributed by atoms with Crippen LogP contribution in [-0.4, -0.2) is 31.2 Å². The van der Waals surface area contributed by atoms with Gasteiger partial charge in [0.15, 0.2) is 9.84 Å². The fraction of sp³-hybridized carbons (Fsp3) is 0.286. The van der Waals surface area contributed by atoms with Crippen LogP contribution in [0.15, 0.2) is 47.9 Å². The lowest BCUT2D eigenvalue weighted by atomic mass is 10.0. The molecule has 20 heavy (non-hydrogen) atoms. The van der Waals surface area contributed by atoms with Crippen LogP contribution in [-0.2, 0) is 9.84 Å². The Balaban J connectivity index is 2.45. The van der Waals surface area contributed by atoms with Crippen molar-refractivity contribution in [3.05, 3.63) is 54.1 Å². The molecule has 2 rings (SSSR count). The maximum Gasteiger partial charge on any atom is 0.175 e. The van der Waals surface area contributed by atoms with Crippen molar-refractivity contribution in [3.8, 4) is 0 Å². The van der Waals surface area contributed by atoms with Gasteiger partial charge in [-0.15, -0.1) is 0 Å². The van der Waals surface area contributed by atoms with Crippen LogP contribution in [0, 0.1) is 0 Å². The van der Waals surface area contributed by atoms with Crippen LogP contribution in [0.1, 0.15) is 24.1 Å². The van der Waals surface area contributed by atoms with Crippen molar-refractivity contribution in [2.24, 2.45) is 0 Å². The molecule has 6 heteroatoms. The predicted molar refractivity (Wildman–Crippen MR) is 77.1 cm³/mol. The van der Waals surface area contributed by atoms with Crippen LogP contribution in [0.4, 0.5) is 0 Å². The van der Waals surface area contributed by atoms with Gasteiger partial charge in [-0.25, -0.2) is 18.4 Å². The molecular weight excluding hydrogens is 274 g/mol. The summed E-state index contributed by atoms with van der Waals surface area (Å²) in [6.07, 6.45) is 6.14. The molecule has 0 bridgehead atoms. The highest BCUT2D eigenvalue weighted by atomic mass is 32.2. The molecule has 1 aromatic carbocycles. The van der Waals surface area contributed by atoms with E-state index in [2.05, 4.69) is 15.3 Å². The van der Waals surface area contributed by atoms with E-state index in [1.165, 1.54) is 12.6 Å². The first-order chi connectivity index (χ1) is 9.52. The molecule has 1 aromatic heterocycles. The predicted octanol–water partition coefficient (Wildman–Crippen LogP) is 1.58. The van der Waals surface area contributed by atoms with Gasteiger partial charge in [0.25, 0.3) is 0 Å². The quantitative estimate of drug-likeness (QED) is 0.905. The van der Waals surface area contributed by atoms with Gasteiger partial charge in [-0.1, -0.05) is 19.1 Å². The van der Waals surface area contributed by atoms with E-state index in [1.807, 2.05) is 13.0 Å². The van der Waals surface area contributed by atoms with Gasteiger partial charge >= 0.3 is 0 Å². The number of rotatable bonds is 5. The van der Waals surface area contributed by atoms with Crippen LogP contribution in [0.25, 0.3) is 0 Å². The fourth-order valence-corrected chi connectivity index (χ4v) is 2.69. The Morgan fingerprint density at radius 1 is 1.20 bits per heavy atom. The summed E-state index contributed by atoms with van der Waals surface area (Å²) < 4.78 is 23.3. The van der Waals surface area contributed by atoms with Crippen LogP contribution in [0.3, 0.4) is 0 Å². The van der Waals surface area contributed by atoms with Crippen molar-refractivity contribution < 1.29 is 8.42 Å². The molecule has 0 aliphatic carbocycles. The van der Waals surface area contributed by atoms with Gasteiger partial charge in [-0.2, -0.15) is 0 Å². The maximum absolute atomic E-state index is 11.7. The molecule has 0 saturated carbocycles. The molecule has 2 aromatic rings. The van der Waals surface area contributed by atoms with Gasteiger partial charge in [-0.05, 0) is 24.2 Å². The van der Waals surface area contributed by atoms with Gasteiger partial charge < -0.3 is 5.32 Å². The molecule has 0 saturated heterocycles. The molecule has 0 spiro atoms. The summed E-state index contributed by atoms with van der Waals surface area (Å²) in [4.78, 5) is 8.34. The third-order valence-corrected chi connectivity index (χ3v) is 4.05. The average Bonchev–Trinajstić information content (AvgIpc) is 2.45. The highest BCUT2D eigenvalue weighted by Crippen LogP contribution is 2.23. The Labute approximate surface area is 119 Å². The second-order valence-electron chi connectivity index (χ2n) is 4.51. The van der Waals surface area contributed by atoms with Crippen LogP contribution >= 0.6 is 0 Å². The lowest BCUT2D eigenvalue weighted by Crippen LogP contribution is -2.22. The van der Waals surface area contributed by atoms with Gasteiger partial charge in [-0.3, -0.25) is 0 Å². The molecule has 0 fully saturated rings. The Kier molecular flexibility index (Phi) is 4.46. The number of sulfone groups is 1. The van der Waals surface area contributed by atoms with Gasteiger partial charge in [0.05, 0.1) is 10.9 Å². The van der Waals surface area contributed by atoms with Crippen molar-refractivity contribution in [3.63, 3.8) is 0 Å². The average molecular weight is 291 g/mol. The zero-order valence-electron chi connectivity index (χ0n) is 11.4. The molecule has 5 nitrogen and oxygen atoms in total. The molecule has 0 amide bonds. The first-order valence-electron chi connectivity index (χ1n) is 6.30. The van der Waals surface area contributed by atoms with Gasteiger partial charge in [0, 0.05) is 24.2 Å². The van der Waals surface area contributed by atoms with Gasteiger partial charge in [0.2, 0.25) is 0 Å². The van der Waals surface area contributed by atoms with Crippen LogP contribution < -0.4 is 5.32 Å². The molecule has 1 unspecified atom stereocenters. The second-order valence-corrected chi connectivity index (χ2v) is 6.52. The Morgan fingerprint density at radius 3 is 2.50 bits per heavy atom. The van der Waals surface area contributed by atoms with Gasteiger partial charge in [0.1, 0.15) is 6.33 Å². The summed E-state index contributed by atoms with van der Waals surface area (Å²) in [5.41, 5.74) is 1.78. The summed E-state index contributed by atoms with van der Waals surface area (Å²) >= 11 is 0. The Hall–Kier alpha value is -1.79. The van der Waals surface area contributed by atoms with E-state index in [4.69, 9.17) is 0 Å². The molecular formula is C14H17N3O2S. The summed E-state index contributed by atoms with van der Waals surface area (Å²) in [5.74, 6) is 0. The minimum Gasteiger partial charge on any atom is -0.306 e. The Morgan fingerprint density at radius 2 is 1.90 bits per heavy atom. The van der Waals surface area contributed by atoms with E-state index < -0.39 is 9.84 Å². The smallest absolute Gasteiger partial charge is 0.175 e. The van der Waals surface area contributed by atoms with Crippen LogP contribution in [0.5, 0.6) is 0 Å². The molecule has 106 valence electrons. The van der Waals surface area contributed by atoms with E-state index in [1.54, 1.807) is 30.6 Å². The third-order valence-electron chi connectivity index (χ3n) is 2.94. The monoisotopic (exact) mass is 291 g/mol. The lowest BCUT2D eigenvalue weighted by molar-refractivity contribution is 0.600. The van der Waals surface area contributed by atoms with Crippen molar-refractivity contribution in [2.45, 2.75) is 17.9 Å². The first-order valence-corrected chi connectivity index (χ1v) is 8.20. The zero-order chi connectivity index (χ0) is 14.6. The van der Waals surface area contributed by atoms with E-state index in [-0.39, 0.29) is 6.04 Å². The maximum atomic E-state index is 11.7. The van der Waals surface area contributed by atoms with Crippen molar-refractivity contribution in [1.29, 1.82) is 0 Å². The SMILES string of the molecule is CCNC(c1cncnc1)c1cccc(S(C)(=O)=O)c1. The molecule has 0 radical (unpaired) electrons. The van der Waals surface area contributed by atoms with Crippen LogP contribution in [0.2, 0.25) is 0 Å². The molecule has 1 atom stereocenters. The summed E-state index contributed by atoms with van der Waals surface area (Å²) in [7, 11) is -3.22. The summed E-state index contributed by atoms with van der Waals surface area (Å²) in [6.45, 7) is 2.75.